The Labute approximate surface area is 106 Å². The molecule has 98 valence electrons. The fourth-order valence-electron chi connectivity index (χ4n) is 2.96. The zero-order valence-corrected chi connectivity index (χ0v) is 10.3. The van der Waals surface area contributed by atoms with Crippen molar-refractivity contribution < 1.29 is 14.3 Å². The predicted octanol–water partition coefficient (Wildman–Crippen LogP) is 1.65. The number of anilines is 1. The lowest BCUT2D eigenvalue weighted by Crippen LogP contribution is -2.35. The molecule has 1 aromatic heterocycles. The lowest BCUT2D eigenvalue weighted by molar-refractivity contribution is 0.0663. The van der Waals surface area contributed by atoms with Gasteiger partial charge in [0.1, 0.15) is 0 Å². The van der Waals surface area contributed by atoms with Crippen molar-refractivity contribution in [2.24, 2.45) is 0 Å². The number of furan rings is 1. The van der Waals surface area contributed by atoms with Crippen LogP contribution in [0.3, 0.4) is 0 Å². The van der Waals surface area contributed by atoms with Gasteiger partial charge in [0.25, 0.3) is 0 Å². The van der Waals surface area contributed by atoms with Gasteiger partial charge in [0, 0.05) is 25.2 Å². The molecule has 0 spiro atoms. The van der Waals surface area contributed by atoms with Crippen molar-refractivity contribution in [3.63, 3.8) is 0 Å². The molecule has 18 heavy (non-hydrogen) atoms. The van der Waals surface area contributed by atoms with E-state index in [9.17, 15) is 4.79 Å². The molecule has 2 fully saturated rings. The van der Waals surface area contributed by atoms with Crippen molar-refractivity contribution >= 4 is 11.9 Å². The standard InChI is InChI=1S/C13H18N2O3/c16-13(17)11-3-4-12(18-11)15-8-5-10(9-15)14-6-1-2-7-14/h3-4,10H,1-2,5-9H2,(H,16,17). The van der Waals surface area contributed by atoms with E-state index in [1.54, 1.807) is 6.07 Å². The van der Waals surface area contributed by atoms with Crippen LogP contribution in [0.5, 0.6) is 0 Å². The second-order valence-corrected chi connectivity index (χ2v) is 5.07. The van der Waals surface area contributed by atoms with Crippen LogP contribution >= 0.6 is 0 Å². The molecule has 1 N–H and O–H groups in total. The van der Waals surface area contributed by atoms with Gasteiger partial charge in [-0.1, -0.05) is 0 Å². The molecule has 5 nitrogen and oxygen atoms in total. The molecular formula is C13H18N2O3. The Morgan fingerprint density at radius 1 is 1.28 bits per heavy atom. The van der Waals surface area contributed by atoms with Crippen LogP contribution in [0.2, 0.25) is 0 Å². The number of rotatable bonds is 3. The third-order valence-electron chi connectivity index (χ3n) is 3.93. The lowest BCUT2D eigenvalue weighted by atomic mass is 10.2. The van der Waals surface area contributed by atoms with E-state index in [2.05, 4.69) is 9.80 Å². The van der Waals surface area contributed by atoms with Gasteiger partial charge in [0.2, 0.25) is 5.76 Å². The van der Waals surface area contributed by atoms with Gasteiger partial charge in [-0.05, 0) is 38.4 Å². The van der Waals surface area contributed by atoms with Gasteiger partial charge in [0.05, 0.1) is 0 Å². The highest BCUT2D eigenvalue weighted by Crippen LogP contribution is 2.26. The van der Waals surface area contributed by atoms with Crippen molar-refractivity contribution in [3.8, 4) is 0 Å². The third kappa shape index (κ3) is 2.10. The van der Waals surface area contributed by atoms with Crippen molar-refractivity contribution in [3.05, 3.63) is 17.9 Å². The zero-order chi connectivity index (χ0) is 12.5. The Morgan fingerprint density at radius 3 is 2.72 bits per heavy atom. The zero-order valence-electron chi connectivity index (χ0n) is 10.3. The molecular weight excluding hydrogens is 232 g/mol. The molecule has 0 amide bonds. The van der Waals surface area contributed by atoms with Gasteiger partial charge in [-0.2, -0.15) is 0 Å². The fourth-order valence-corrected chi connectivity index (χ4v) is 2.96. The number of carboxylic acid groups (broad SMARTS) is 1. The number of carbonyl (C=O) groups is 1. The van der Waals surface area contributed by atoms with Gasteiger partial charge in [-0.3, -0.25) is 4.90 Å². The number of aromatic carboxylic acids is 1. The summed E-state index contributed by atoms with van der Waals surface area (Å²) in [6, 6.07) is 3.89. The van der Waals surface area contributed by atoms with Gasteiger partial charge < -0.3 is 14.4 Å². The summed E-state index contributed by atoms with van der Waals surface area (Å²) in [6.45, 7) is 4.31. The maximum Gasteiger partial charge on any atom is 0.371 e. The first-order valence-electron chi connectivity index (χ1n) is 6.56. The summed E-state index contributed by atoms with van der Waals surface area (Å²) in [6.07, 6.45) is 3.75. The van der Waals surface area contributed by atoms with Crippen molar-refractivity contribution in [2.75, 3.05) is 31.1 Å². The van der Waals surface area contributed by atoms with Gasteiger partial charge >= 0.3 is 5.97 Å². The van der Waals surface area contributed by atoms with E-state index in [0.29, 0.717) is 11.9 Å². The van der Waals surface area contributed by atoms with Crippen LogP contribution in [0.1, 0.15) is 29.8 Å². The molecule has 1 atom stereocenters. The maximum absolute atomic E-state index is 10.8. The maximum atomic E-state index is 10.8. The number of nitrogens with zero attached hydrogens (tertiary/aromatic N) is 2. The van der Waals surface area contributed by atoms with E-state index >= 15 is 0 Å². The van der Waals surface area contributed by atoms with Crippen molar-refractivity contribution in [1.29, 1.82) is 0 Å². The Balaban J connectivity index is 1.65. The van der Waals surface area contributed by atoms with E-state index in [-0.39, 0.29) is 5.76 Å². The van der Waals surface area contributed by atoms with Gasteiger partial charge in [-0.25, -0.2) is 4.79 Å². The van der Waals surface area contributed by atoms with E-state index in [1.165, 1.54) is 32.0 Å². The highest BCUT2D eigenvalue weighted by molar-refractivity contribution is 5.84. The van der Waals surface area contributed by atoms with Gasteiger partial charge in [0.15, 0.2) is 5.88 Å². The van der Waals surface area contributed by atoms with E-state index < -0.39 is 5.97 Å². The molecule has 5 heteroatoms. The quantitative estimate of drug-likeness (QED) is 0.884. The van der Waals surface area contributed by atoms with E-state index in [0.717, 1.165) is 19.5 Å². The second kappa shape index (κ2) is 4.65. The molecule has 0 aromatic carbocycles. The highest BCUT2D eigenvalue weighted by atomic mass is 16.4. The van der Waals surface area contributed by atoms with Crippen LogP contribution in [0.25, 0.3) is 0 Å². The molecule has 3 heterocycles. The van der Waals surface area contributed by atoms with E-state index in [4.69, 9.17) is 9.52 Å². The molecule has 0 radical (unpaired) electrons. The van der Waals surface area contributed by atoms with Crippen LogP contribution in [0.15, 0.2) is 16.5 Å². The minimum absolute atomic E-state index is 0.0228. The Kier molecular flexibility index (Phi) is 2.99. The SMILES string of the molecule is O=C(O)c1ccc(N2CCC(N3CCCC3)C2)o1. The topological polar surface area (TPSA) is 56.9 Å². The summed E-state index contributed by atoms with van der Waals surface area (Å²) < 4.78 is 5.35. The van der Waals surface area contributed by atoms with E-state index in [1.807, 2.05) is 0 Å². The first-order valence-corrected chi connectivity index (χ1v) is 6.56. The first-order chi connectivity index (χ1) is 8.74. The molecule has 3 rings (SSSR count). The molecule has 1 aromatic rings. The van der Waals surface area contributed by atoms with Crippen molar-refractivity contribution in [1.82, 2.24) is 4.90 Å². The normalized spacial score (nSPS) is 24.9. The summed E-state index contributed by atoms with van der Waals surface area (Å²) in [7, 11) is 0. The average molecular weight is 250 g/mol. The van der Waals surface area contributed by atoms with Crippen molar-refractivity contribution in [2.45, 2.75) is 25.3 Å². The largest absolute Gasteiger partial charge is 0.475 e. The molecule has 2 aliphatic heterocycles. The van der Waals surface area contributed by atoms with Gasteiger partial charge in [-0.15, -0.1) is 0 Å². The van der Waals surface area contributed by atoms with Crippen LogP contribution < -0.4 is 4.90 Å². The van der Waals surface area contributed by atoms with Crippen LogP contribution in [-0.2, 0) is 0 Å². The predicted molar refractivity (Wildman–Crippen MR) is 67.1 cm³/mol. The molecule has 2 aliphatic rings. The number of likely N-dealkylation sites (tertiary alicyclic amines) is 1. The molecule has 2 saturated heterocycles. The number of hydrogen-bond acceptors (Lipinski definition) is 4. The Morgan fingerprint density at radius 2 is 2.06 bits per heavy atom. The minimum Gasteiger partial charge on any atom is -0.475 e. The highest BCUT2D eigenvalue weighted by Gasteiger charge is 2.30. The van der Waals surface area contributed by atoms with Crippen LogP contribution in [0.4, 0.5) is 5.88 Å². The number of hydrogen-bond donors (Lipinski definition) is 1. The monoisotopic (exact) mass is 250 g/mol. The Hall–Kier alpha value is -1.49. The van der Waals surface area contributed by atoms with Crippen LogP contribution in [-0.4, -0.2) is 48.2 Å². The molecule has 0 bridgehead atoms. The average Bonchev–Trinajstić information content (AvgIpc) is 3.10. The summed E-state index contributed by atoms with van der Waals surface area (Å²) in [5.74, 6) is -0.291. The molecule has 0 aliphatic carbocycles. The summed E-state index contributed by atoms with van der Waals surface area (Å²) in [4.78, 5) is 15.5. The molecule has 1 unspecified atom stereocenters. The summed E-state index contributed by atoms with van der Waals surface area (Å²) in [5.41, 5.74) is 0. The third-order valence-corrected chi connectivity index (χ3v) is 3.93. The number of carboxylic acids is 1. The fraction of sp³-hybridized carbons (Fsp3) is 0.615. The lowest BCUT2D eigenvalue weighted by Gasteiger charge is -2.23. The molecule has 0 saturated carbocycles. The summed E-state index contributed by atoms with van der Waals surface area (Å²) in [5, 5.41) is 8.85. The smallest absolute Gasteiger partial charge is 0.371 e. The minimum atomic E-state index is -1.00. The first kappa shape index (κ1) is 11.6. The Bertz CT molecular complexity index is 437. The van der Waals surface area contributed by atoms with Crippen LogP contribution in [0, 0.1) is 0 Å². The second-order valence-electron chi connectivity index (χ2n) is 5.07. The summed E-state index contributed by atoms with van der Waals surface area (Å²) >= 11 is 0.